The molecule has 0 spiro atoms. The number of halogens is 4. The molecule has 110 heavy (non-hydrogen) atoms. The topological polar surface area (TPSA) is 231 Å². The summed E-state index contributed by atoms with van der Waals surface area (Å²) >= 11 is 0. The summed E-state index contributed by atoms with van der Waals surface area (Å²) in [6.45, 7) is 5.76. The van der Waals surface area contributed by atoms with Gasteiger partial charge in [0.15, 0.2) is 34.7 Å². The molecule has 0 aliphatic rings. The minimum Gasteiger partial charge on any atom is -1.00 e. The Morgan fingerprint density at radius 2 is 0.491 bits per heavy atom. The summed E-state index contributed by atoms with van der Waals surface area (Å²) in [7, 11) is 0. The molecule has 0 heterocycles. The van der Waals surface area contributed by atoms with E-state index in [0.717, 1.165) is 11.1 Å². The zero-order valence-corrected chi connectivity index (χ0v) is 66.2. The van der Waals surface area contributed by atoms with Gasteiger partial charge in [-0.05, 0) is 242 Å². The standard InChI is InChI=1S/C55H38F2O6.C20H12F2O2.C14H14O3.CH2O3.2K.H/c1-55(2,43-17-29-49(30-18-43)62-47-25-13-37(14-26-47)53(60)41-7-3-5-39(33-41)51(58)35-9-21-45(56)22-10-35)44-19-31-50(32-20-44)63-48-27-15-38(16-28-48)54(61)42-8-4-6-40(34-42)52(59)36-11-23-46(57)24-12-36;21-17-8-4-13(5-9-17)19(23)15-2-1-3-16(12-15)20(24)14-6-10-18(22)11-7-14;1-14(17,10-2-6-12(15)7-3-10)11-4-8-13(16)9-5-11;2-1-4-3;;;/h3-34H,1-2H3;1-12H;2-9,15-17H,1H3;1,3H;;;/q;;;;2*+1;-1/p-1. The molecule has 0 aliphatic heterocycles. The first kappa shape index (κ1) is 85.1. The Morgan fingerprint density at radius 3 is 0.691 bits per heavy atom. The second-order valence-electron chi connectivity index (χ2n) is 25.0. The van der Waals surface area contributed by atoms with Crippen LogP contribution in [0.3, 0.4) is 0 Å². The third-order valence-electron chi connectivity index (χ3n) is 17.3. The van der Waals surface area contributed by atoms with Crippen LogP contribution in [-0.4, -0.2) is 56.5 Å². The Kier molecular flexibility index (Phi) is 30.7. The molecular formula is C90H66F4K2O14. The number of ether oxygens (including phenoxy) is 2. The molecule has 0 aromatic heterocycles. The maximum atomic E-state index is 13.3. The van der Waals surface area contributed by atoms with E-state index >= 15 is 0 Å². The molecule has 20 heteroatoms. The van der Waals surface area contributed by atoms with E-state index in [1.807, 2.05) is 48.5 Å². The van der Waals surface area contributed by atoms with Crippen LogP contribution in [0.2, 0.25) is 0 Å². The number of phenols is 2. The monoisotopic (exact) mass is 1520 g/mol. The van der Waals surface area contributed by atoms with E-state index in [4.69, 9.17) is 19.5 Å². The summed E-state index contributed by atoms with van der Waals surface area (Å²) in [5.74, 6) is -0.721. The van der Waals surface area contributed by atoms with Gasteiger partial charge in [-0.1, -0.05) is 117 Å². The van der Waals surface area contributed by atoms with Crippen molar-refractivity contribution in [2.24, 2.45) is 0 Å². The fourth-order valence-corrected chi connectivity index (χ4v) is 11.2. The average molecular weight is 1530 g/mol. The molecule has 540 valence electrons. The Labute approximate surface area is 717 Å². The molecule has 14 nitrogen and oxygen atoms in total. The van der Waals surface area contributed by atoms with Crippen LogP contribution in [-0.2, 0) is 20.7 Å². The Morgan fingerprint density at radius 1 is 0.309 bits per heavy atom. The van der Waals surface area contributed by atoms with E-state index in [1.54, 1.807) is 146 Å². The van der Waals surface area contributed by atoms with Crippen molar-refractivity contribution >= 4 is 41.2 Å². The van der Waals surface area contributed by atoms with Crippen molar-refractivity contribution in [2.75, 3.05) is 0 Å². The fourth-order valence-electron chi connectivity index (χ4n) is 11.2. The van der Waals surface area contributed by atoms with E-state index in [-0.39, 0.29) is 162 Å². The third-order valence-corrected chi connectivity index (χ3v) is 17.3. The van der Waals surface area contributed by atoms with Crippen LogP contribution in [0.25, 0.3) is 0 Å². The summed E-state index contributed by atoms with van der Waals surface area (Å²) in [5.41, 5.74) is 6.25. The Hall–Kier alpha value is -10.5. The Bertz CT molecular complexity index is 5020. The fraction of sp³-hybridized carbons (Fsp3) is 0.0556. The molecule has 0 unspecified atom stereocenters. The molecule has 0 aliphatic carbocycles. The molecule has 0 bridgehead atoms. The van der Waals surface area contributed by atoms with Crippen LogP contribution < -0.4 is 118 Å². The van der Waals surface area contributed by atoms with Gasteiger partial charge < -0.3 is 36.4 Å². The molecule has 13 rings (SSSR count). The van der Waals surface area contributed by atoms with Gasteiger partial charge in [-0.2, -0.15) is 0 Å². The van der Waals surface area contributed by atoms with Gasteiger partial charge >= 0.3 is 103 Å². The first-order valence-corrected chi connectivity index (χ1v) is 33.3. The molecule has 0 atom stereocenters. The van der Waals surface area contributed by atoms with Crippen molar-refractivity contribution in [3.05, 3.63) is 428 Å². The van der Waals surface area contributed by atoms with Gasteiger partial charge in [-0.15, -0.1) is 0 Å². The Balaban J connectivity index is 0.000000289. The number of benzene rings is 13. The number of phenolic OH excluding ortho intramolecular Hbond substituents is 2. The van der Waals surface area contributed by atoms with Gasteiger partial charge in [0.2, 0.25) is 0 Å². The van der Waals surface area contributed by atoms with Gasteiger partial charge in [0, 0.05) is 72.2 Å². The number of carbonyl (C=O) groups is 7. The van der Waals surface area contributed by atoms with Crippen LogP contribution in [0.4, 0.5) is 17.6 Å². The van der Waals surface area contributed by atoms with Gasteiger partial charge in [0.1, 0.15) is 63.4 Å². The number of ketones is 6. The molecule has 0 amide bonds. The maximum Gasteiger partial charge on any atom is 1.00 e. The van der Waals surface area contributed by atoms with Gasteiger partial charge in [-0.25, -0.2) is 17.6 Å². The zero-order chi connectivity index (χ0) is 77.1. The van der Waals surface area contributed by atoms with Crippen LogP contribution in [0.15, 0.2) is 315 Å². The minimum atomic E-state index is -1.15. The molecule has 13 aromatic carbocycles. The summed E-state index contributed by atoms with van der Waals surface area (Å²) in [5, 5.41) is 37.3. The molecule has 0 radical (unpaired) electrons. The van der Waals surface area contributed by atoms with Crippen molar-refractivity contribution in [3.63, 3.8) is 0 Å². The maximum absolute atomic E-state index is 13.3. The number of aliphatic hydroxyl groups is 1. The van der Waals surface area contributed by atoms with Crippen molar-refractivity contribution < 1.29 is 190 Å². The molecule has 0 saturated heterocycles. The van der Waals surface area contributed by atoms with E-state index in [9.17, 15) is 61.6 Å². The zero-order valence-electron chi connectivity index (χ0n) is 60.9. The predicted octanol–water partition coefficient (Wildman–Crippen LogP) is 12.1. The number of carbonyl (C=O) groups excluding carboxylic acids is 7. The first-order valence-electron chi connectivity index (χ1n) is 33.3. The van der Waals surface area contributed by atoms with Crippen molar-refractivity contribution in [1.29, 1.82) is 0 Å². The molecule has 0 saturated carbocycles. The van der Waals surface area contributed by atoms with E-state index in [2.05, 4.69) is 18.7 Å². The van der Waals surface area contributed by atoms with Crippen LogP contribution >= 0.6 is 0 Å². The van der Waals surface area contributed by atoms with Crippen molar-refractivity contribution in [2.45, 2.75) is 31.8 Å². The van der Waals surface area contributed by atoms with Crippen LogP contribution in [0.5, 0.6) is 34.5 Å². The molecule has 0 fully saturated rings. The van der Waals surface area contributed by atoms with Gasteiger partial charge in [0.05, 0.1) is 0 Å². The SMILES string of the molecule is CC(C)(c1ccc(Oc2ccc(C(=O)c3cccc(C(=O)c4ccc(F)cc4)c3)cc2)cc1)c1ccc(Oc2ccc(C(=O)c3cccc(C(=O)c4ccc(F)cc4)c3)cc2)cc1.CC(O)(c1ccc(O)cc1)c1ccc(O)cc1.O=C(c1ccc(F)cc1)c1cccc(C(=O)c2ccc(F)cc2)c1.O=CO[O-].[H-].[K+].[K+]. The van der Waals surface area contributed by atoms with E-state index in [0.29, 0.717) is 101 Å². The number of hydrogen-bond acceptors (Lipinski definition) is 14. The van der Waals surface area contributed by atoms with E-state index < -0.39 is 28.9 Å². The van der Waals surface area contributed by atoms with Crippen LogP contribution in [0.1, 0.15) is 140 Å². The molecular weight excluding hydrogens is 1460 g/mol. The molecule has 13 aromatic rings. The summed E-state index contributed by atoms with van der Waals surface area (Å²) in [4.78, 5) is 88.6. The third kappa shape index (κ3) is 22.6. The predicted molar refractivity (Wildman–Crippen MR) is 397 cm³/mol. The summed E-state index contributed by atoms with van der Waals surface area (Å²) in [6.07, 6.45) is 0. The summed E-state index contributed by atoms with van der Waals surface area (Å²) in [6, 6.07) is 82.3. The first-order chi connectivity index (χ1) is 51.9. The van der Waals surface area contributed by atoms with Crippen molar-refractivity contribution in [1.82, 2.24) is 0 Å². The quantitative estimate of drug-likeness (QED) is 0.0152. The number of hydrogen-bond donors (Lipinski definition) is 3. The minimum absolute atomic E-state index is 0. The van der Waals surface area contributed by atoms with Crippen LogP contribution in [0, 0.1) is 23.3 Å². The summed E-state index contributed by atoms with van der Waals surface area (Å²) < 4.78 is 64.8. The largest absolute Gasteiger partial charge is 1.00 e. The van der Waals surface area contributed by atoms with Gasteiger partial charge in [-0.3, -0.25) is 33.6 Å². The molecule has 3 N–H and O–H groups in total. The van der Waals surface area contributed by atoms with Crippen molar-refractivity contribution in [3.8, 4) is 34.5 Å². The second-order valence-corrected chi connectivity index (χ2v) is 25.0. The number of aromatic hydroxyl groups is 2. The average Bonchev–Trinajstić information content (AvgIpc) is 0.784. The number of rotatable bonds is 21. The van der Waals surface area contributed by atoms with E-state index in [1.165, 1.54) is 127 Å². The smallest absolute Gasteiger partial charge is 1.00 e. The normalized spacial score (nSPS) is 10.6. The second kappa shape index (κ2) is 39.7. The van der Waals surface area contributed by atoms with Gasteiger partial charge in [0.25, 0.3) is 6.47 Å².